The summed E-state index contributed by atoms with van der Waals surface area (Å²) in [5, 5.41) is 16.5. The standard InChI is InChI=1S/C13H16N4O3S/c1-3-5-17-12(20)15-16-13(17)21-10-7-8(11(18)19)6-9(4-2)14-10/h6-7H,3-5H2,1-2H3,(H,15,20)(H,18,19). The van der Waals surface area contributed by atoms with Gasteiger partial charge in [0.25, 0.3) is 0 Å². The van der Waals surface area contributed by atoms with Crippen LogP contribution in [0.4, 0.5) is 0 Å². The van der Waals surface area contributed by atoms with Crippen molar-refractivity contribution in [1.29, 1.82) is 0 Å². The molecule has 0 radical (unpaired) electrons. The lowest BCUT2D eigenvalue weighted by Gasteiger charge is -2.06. The molecule has 0 saturated heterocycles. The summed E-state index contributed by atoms with van der Waals surface area (Å²) in [6.45, 7) is 4.42. The van der Waals surface area contributed by atoms with Gasteiger partial charge >= 0.3 is 11.7 Å². The van der Waals surface area contributed by atoms with Crippen LogP contribution in [-0.4, -0.2) is 30.8 Å². The predicted molar refractivity (Wildman–Crippen MR) is 77.8 cm³/mol. The summed E-state index contributed by atoms with van der Waals surface area (Å²) in [6.07, 6.45) is 1.44. The number of carboxylic acid groups (broad SMARTS) is 1. The van der Waals surface area contributed by atoms with Crippen LogP contribution in [-0.2, 0) is 13.0 Å². The first kappa shape index (κ1) is 15.3. The summed E-state index contributed by atoms with van der Waals surface area (Å²) in [5.41, 5.74) is 0.603. The number of aromatic carboxylic acids is 1. The monoisotopic (exact) mass is 308 g/mol. The number of rotatable bonds is 6. The van der Waals surface area contributed by atoms with Crippen LogP contribution in [0.1, 0.15) is 36.3 Å². The number of aromatic amines is 1. The zero-order chi connectivity index (χ0) is 15.4. The highest BCUT2D eigenvalue weighted by molar-refractivity contribution is 7.99. The molecule has 0 aliphatic heterocycles. The lowest BCUT2D eigenvalue weighted by Crippen LogP contribution is -2.17. The molecule has 0 fully saturated rings. The first-order valence-electron chi connectivity index (χ1n) is 6.62. The summed E-state index contributed by atoms with van der Waals surface area (Å²) in [6, 6.07) is 3.04. The second kappa shape index (κ2) is 6.57. The summed E-state index contributed by atoms with van der Waals surface area (Å²) in [7, 11) is 0. The van der Waals surface area contributed by atoms with E-state index in [2.05, 4.69) is 15.2 Å². The molecule has 0 atom stereocenters. The van der Waals surface area contributed by atoms with Crippen molar-refractivity contribution in [3.63, 3.8) is 0 Å². The molecule has 0 spiro atoms. The average molecular weight is 308 g/mol. The predicted octanol–water partition coefficient (Wildman–Crippen LogP) is 1.79. The fourth-order valence-corrected chi connectivity index (χ4v) is 2.72. The topological polar surface area (TPSA) is 101 Å². The van der Waals surface area contributed by atoms with Crippen LogP contribution in [0.15, 0.2) is 27.1 Å². The van der Waals surface area contributed by atoms with Crippen LogP contribution in [0.3, 0.4) is 0 Å². The highest BCUT2D eigenvalue weighted by Gasteiger charge is 2.13. The lowest BCUT2D eigenvalue weighted by molar-refractivity contribution is 0.0696. The average Bonchev–Trinajstić information content (AvgIpc) is 2.80. The number of carboxylic acids is 1. The SMILES string of the molecule is CCCn1c(Sc2cc(C(=O)O)cc(CC)n2)n[nH]c1=O. The van der Waals surface area contributed by atoms with Gasteiger partial charge in [-0.3, -0.25) is 4.57 Å². The van der Waals surface area contributed by atoms with Crippen molar-refractivity contribution >= 4 is 17.7 Å². The zero-order valence-corrected chi connectivity index (χ0v) is 12.6. The van der Waals surface area contributed by atoms with Crippen molar-refractivity contribution in [2.75, 3.05) is 0 Å². The second-order valence-electron chi connectivity index (χ2n) is 4.41. The summed E-state index contributed by atoms with van der Waals surface area (Å²) in [4.78, 5) is 27.1. The number of aromatic nitrogens is 4. The quantitative estimate of drug-likeness (QED) is 0.843. The molecule has 2 N–H and O–H groups in total. The smallest absolute Gasteiger partial charge is 0.343 e. The van der Waals surface area contributed by atoms with E-state index in [9.17, 15) is 9.59 Å². The van der Waals surface area contributed by atoms with E-state index in [1.165, 1.54) is 22.4 Å². The Hall–Kier alpha value is -2.09. The van der Waals surface area contributed by atoms with Crippen molar-refractivity contribution < 1.29 is 9.90 Å². The third-order valence-electron chi connectivity index (χ3n) is 2.83. The molecule has 0 bridgehead atoms. The van der Waals surface area contributed by atoms with Crippen molar-refractivity contribution in [3.8, 4) is 0 Å². The minimum absolute atomic E-state index is 0.185. The molecule has 2 rings (SSSR count). The molecule has 0 aliphatic rings. The Morgan fingerprint density at radius 3 is 2.81 bits per heavy atom. The van der Waals surface area contributed by atoms with Gasteiger partial charge in [0.05, 0.1) is 5.56 Å². The number of aryl methyl sites for hydroxylation is 1. The normalized spacial score (nSPS) is 10.8. The third kappa shape index (κ3) is 3.52. The summed E-state index contributed by atoms with van der Waals surface area (Å²) in [5.74, 6) is -0.998. The Bertz CT molecular complexity index is 708. The van der Waals surface area contributed by atoms with Crippen molar-refractivity contribution in [3.05, 3.63) is 33.9 Å². The van der Waals surface area contributed by atoms with E-state index in [0.717, 1.165) is 6.42 Å². The first-order chi connectivity index (χ1) is 10.0. The molecular formula is C13H16N4O3S. The molecule has 0 saturated carbocycles. The van der Waals surface area contributed by atoms with Crippen LogP contribution in [0, 0.1) is 0 Å². The first-order valence-corrected chi connectivity index (χ1v) is 7.44. The minimum Gasteiger partial charge on any atom is -0.478 e. The number of H-pyrrole nitrogens is 1. The van der Waals surface area contributed by atoms with Crippen LogP contribution in [0.5, 0.6) is 0 Å². The van der Waals surface area contributed by atoms with Gasteiger partial charge in [-0.05, 0) is 36.7 Å². The molecule has 21 heavy (non-hydrogen) atoms. The summed E-state index contributed by atoms with van der Waals surface area (Å²) < 4.78 is 1.52. The number of nitrogens with one attached hydrogen (secondary N) is 1. The number of hydrogen-bond donors (Lipinski definition) is 2. The van der Waals surface area contributed by atoms with Gasteiger partial charge in [-0.2, -0.15) is 0 Å². The maximum absolute atomic E-state index is 11.6. The van der Waals surface area contributed by atoms with Crippen molar-refractivity contribution in [2.24, 2.45) is 0 Å². The summed E-state index contributed by atoms with van der Waals surface area (Å²) >= 11 is 1.18. The minimum atomic E-state index is -0.998. The van der Waals surface area contributed by atoms with Gasteiger partial charge in [0.15, 0.2) is 5.16 Å². The van der Waals surface area contributed by atoms with Crippen molar-refractivity contribution in [1.82, 2.24) is 19.7 Å². The van der Waals surface area contributed by atoms with Gasteiger partial charge in [0.1, 0.15) is 5.03 Å². The molecule has 0 aromatic carbocycles. The fourth-order valence-electron chi connectivity index (χ4n) is 1.81. The van der Waals surface area contributed by atoms with E-state index in [4.69, 9.17) is 5.11 Å². The van der Waals surface area contributed by atoms with E-state index >= 15 is 0 Å². The van der Waals surface area contributed by atoms with Crippen LogP contribution in [0.2, 0.25) is 0 Å². The molecule has 8 heteroatoms. The Balaban J connectivity index is 2.37. The molecule has 7 nitrogen and oxygen atoms in total. The van der Waals surface area contributed by atoms with Gasteiger partial charge in [-0.1, -0.05) is 13.8 Å². The third-order valence-corrected chi connectivity index (χ3v) is 3.74. The van der Waals surface area contributed by atoms with E-state index in [-0.39, 0.29) is 11.3 Å². The number of hydrogen-bond acceptors (Lipinski definition) is 5. The fraction of sp³-hybridized carbons (Fsp3) is 0.385. The molecular weight excluding hydrogens is 292 g/mol. The van der Waals surface area contributed by atoms with Gasteiger partial charge in [0.2, 0.25) is 0 Å². The Labute approximate surface area is 125 Å². The lowest BCUT2D eigenvalue weighted by atomic mass is 10.2. The number of carbonyl (C=O) groups is 1. The molecule has 0 unspecified atom stereocenters. The van der Waals surface area contributed by atoms with Crippen LogP contribution in [0.25, 0.3) is 0 Å². The molecule has 0 amide bonds. The maximum atomic E-state index is 11.6. The largest absolute Gasteiger partial charge is 0.478 e. The molecule has 2 aromatic heterocycles. The highest BCUT2D eigenvalue weighted by atomic mass is 32.2. The van der Waals surface area contributed by atoms with E-state index < -0.39 is 5.97 Å². The Kier molecular flexibility index (Phi) is 4.79. The van der Waals surface area contributed by atoms with Gasteiger partial charge < -0.3 is 5.11 Å². The molecule has 112 valence electrons. The van der Waals surface area contributed by atoms with Crippen molar-refractivity contribution in [2.45, 2.75) is 43.4 Å². The van der Waals surface area contributed by atoms with Crippen LogP contribution >= 0.6 is 11.8 Å². The molecule has 2 aromatic rings. The van der Waals surface area contributed by atoms with Gasteiger partial charge in [-0.15, -0.1) is 5.10 Å². The second-order valence-corrected chi connectivity index (χ2v) is 5.40. The maximum Gasteiger partial charge on any atom is 0.343 e. The number of pyridine rings is 1. The van der Waals surface area contributed by atoms with Crippen LogP contribution < -0.4 is 5.69 Å². The Morgan fingerprint density at radius 2 is 2.19 bits per heavy atom. The Morgan fingerprint density at radius 1 is 1.43 bits per heavy atom. The number of nitrogens with zero attached hydrogens (tertiary/aromatic N) is 3. The highest BCUT2D eigenvalue weighted by Crippen LogP contribution is 2.25. The van der Waals surface area contributed by atoms with E-state index in [0.29, 0.717) is 28.8 Å². The zero-order valence-electron chi connectivity index (χ0n) is 11.8. The van der Waals surface area contributed by atoms with Gasteiger partial charge in [0, 0.05) is 12.2 Å². The van der Waals surface area contributed by atoms with E-state index in [1.807, 2.05) is 13.8 Å². The molecule has 0 aliphatic carbocycles. The van der Waals surface area contributed by atoms with Gasteiger partial charge in [-0.25, -0.2) is 19.7 Å². The van der Waals surface area contributed by atoms with E-state index in [1.54, 1.807) is 6.07 Å². The molecule has 2 heterocycles.